The highest BCUT2D eigenvalue weighted by atomic mass is 19.4. The zero-order chi connectivity index (χ0) is 26.6. The Kier molecular flexibility index (Phi) is 7.23. The maximum atomic E-state index is 13.7. The van der Waals surface area contributed by atoms with Gasteiger partial charge in [0.05, 0.1) is 16.8 Å². The van der Waals surface area contributed by atoms with Crippen LogP contribution >= 0.6 is 0 Å². The van der Waals surface area contributed by atoms with Crippen LogP contribution in [-0.4, -0.2) is 42.0 Å². The number of ether oxygens (including phenoxy) is 1. The van der Waals surface area contributed by atoms with E-state index >= 15 is 0 Å². The minimum Gasteiger partial charge on any atom is -0.438 e. The molecule has 0 aliphatic carbocycles. The smallest absolute Gasteiger partial charge is 0.416 e. The van der Waals surface area contributed by atoms with Gasteiger partial charge in [-0.15, -0.1) is 0 Å². The van der Waals surface area contributed by atoms with E-state index in [1.807, 2.05) is 25.1 Å². The highest BCUT2D eigenvalue weighted by molar-refractivity contribution is 6.05. The predicted molar refractivity (Wildman–Crippen MR) is 135 cm³/mol. The number of amides is 1. The average molecular weight is 509 g/mol. The number of pyridine rings is 1. The molecule has 190 valence electrons. The fraction of sp³-hybridized carbons (Fsp3) is 0.154. The molecule has 0 aliphatic rings. The number of hydrogen-bond acceptors (Lipinski definition) is 7. The van der Waals surface area contributed by atoms with Gasteiger partial charge >= 0.3 is 6.18 Å². The third-order valence-electron chi connectivity index (χ3n) is 5.26. The quantitative estimate of drug-likeness (QED) is 0.330. The van der Waals surface area contributed by atoms with E-state index in [1.54, 1.807) is 43.4 Å². The second kappa shape index (κ2) is 10.5. The Bertz CT molecular complexity index is 1430. The van der Waals surface area contributed by atoms with Gasteiger partial charge in [0.1, 0.15) is 5.75 Å². The monoisotopic (exact) mass is 508 g/mol. The van der Waals surface area contributed by atoms with Crippen LogP contribution in [0.15, 0.2) is 73.1 Å². The molecule has 0 atom stereocenters. The van der Waals surface area contributed by atoms with Crippen molar-refractivity contribution in [2.45, 2.75) is 6.18 Å². The van der Waals surface area contributed by atoms with Gasteiger partial charge in [-0.1, -0.05) is 6.07 Å². The maximum Gasteiger partial charge on any atom is 0.416 e. The molecule has 8 nitrogen and oxygen atoms in total. The molecule has 2 aromatic carbocycles. The number of carbonyl (C=O) groups is 1. The van der Waals surface area contributed by atoms with Crippen molar-refractivity contribution >= 4 is 23.2 Å². The van der Waals surface area contributed by atoms with E-state index in [0.717, 1.165) is 17.8 Å². The van der Waals surface area contributed by atoms with Gasteiger partial charge in [0.2, 0.25) is 11.8 Å². The number of nitrogens with zero attached hydrogens (tertiary/aromatic N) is 4. The van der Waals surface area contributed by atoms with Gasteiger partial charge in [-0.3, -0.25) is 4.79 Å². The summed E-state index contributed by atoms with van der Waals surface area (Å²) in [4.78, 5) is 27.2. The lowest BCUT2D eigenvalue weighted by atomic mass is 10.1. The lowest BCUT2D eigenvalue weighted by molar-refractivity contribution is -0.137. The van der Waals surface area contributed by atoms with Gasteiger partial charge in [-0.05, 0) is 48.5 Å². The van der Waals surface area contributed by atoms with Crippen LogP contribution in [0.25, 0.3) is 11.3 Å². The van der Waals surface area contributed by atoms with Crippen LogP contribution in [0.2, 0.25) is 0 Å². The molecule has 0 bridgehead atoms. The zero-order valence-corrected chi connectivity index (χ0v) is 20.2. The number of nitrogens with one attached hydrogen (secondary N) is 2. The predicted octanol–water partition coefficient (Wildman–Crippen LogP) is 5.71. The summed E-state index contributed by atoms with van der Waals surface area (Å²) in [5, 5.41) is 5.37. The van der Waals surface area contributed by atoms with Crippen LogP contribution in [0.4, 0.5) is 30.5 Å². The molecule has 4 rings (SSSR count). The first kappa shape index (κ1) is 25.4. The van der Waals surface area contributed by atoms with Crippen LogP contribution in [0.3, 0.4) is 0 Å². The third-order valence-corrected chi connectivity index (χ3v) is 5.26. The molecule has 0 spiro atoms. The number of alkyl halides is 3. The van der Waals surface area contributed by atoms with Crippen molar-refractivity contribution in [2.24, 2.45) is 0 Å². The molecule has 37 heavy (non-hydrogen) atoms. The number of halogens is 3. The highest BCUT2D eigenvalue weighted by Gasteiger charge is 2.32. The molecule has 0 aliphatic heterocycles. The van der Waals surface area contributed by atoms with E-state index in [2.05, 4.69) is 25.6 Å². The van der Waals surface area contributed by atoms with Crippen molar-refractivity contribution in [3.05, 3.63) is 84.2 Å². The number of anilines is 3. The van der Waals surface area contributed by atoms with Crippen molar-refractivity contribution in [3.63, 3.8) is 0 Å². The third kappa shape index (κ3) is 6.13. The van der Waals surface area contributed by atoms with E-state index < -0.39 is 17.6 Å². The van der Waals surface area contributed by atoms with Gasteiger partial charge in [0, 0.05) is 56.5 Å². The average Bonchev–Trinajstić information content (AvgIpc) is 2.88. The summed E-state index contributed by atoms with van der Waals surface area (Å²) in [6.45, 7) is 0. The van der Waals surface area contributed by atoms with Crippen LogP contribution in [0.1, 0.15) is 15.9 Å². The van der Waals surface area contributed by atoms with Gasteiger partial charge in [-0.25, -0.2) is 15.0 Å². The van der Waals surface area contributed by atoms with E-state index in [-0.39, 0.29) is 17.3 Å². The zero-order valence-electron chi connectivity index (χ0n) is 20.2. The topological polar surface area (TPSA) is 92.3 Å². The summed E-state index contributed by atoms with van der Waals surface area (Å²) in [6, 6.07) is 14.7. The van der Waals surface area contributed by atoms with Gasteiger partial charge in [0.25, 0.3) is 5.91 Å². The Morgan fingerprint density at radius 1 is 0.973 bits per heavy atom. The molecule has 2 aromatic heterocycles. The largest absolute Gasteiger partial charge is 0.438 e. The number of rotatable bonds is 7. The molecular formula is C26H23F3N6O2. The van der Waals surface area contributed by atoms with Gasteiger partial charge in [-0.2, -0.15) is 13.2 Å². The van der Waals surface area contributed by atoms with Crippen molar-refractivity contribution in [1.29, 1.82) is 0 Å². The maximum absolute atomic E-state index is 13.7. The fourth-order valence-electron chi connectivity index (χ4n) is 3.43. The molecule has 4 aromatic rings. The van der Waals surface area contributed by atoms with Crippen LogP contribution < -0.4 is 20.3 Å². The molecular weight excluding hydrogens is 485 g/mol. The minimum absolute atomic E-state index is 0.0403. The molecule has 11 heteroatoms. The summed E-state index contributed by atoms with van der Waals surface area (Å²) in [5.41, 5.74) is 0.909. The lowest BCUT2D eigenvalue weighted by Gasteiger charge is -2.16. The highest BCUT2D eigenvalue weighted by Crippen LogP contribution is 2.37. The Hall–Kier alpha value is -4.67. The van der Waals surface area contributed by atoms with E-state index in [9.17, 15) is 18.0 Å². The summed E-state index contributed by atoms with van der Waals surface area (Å²) in [5.74, 6) is -0.323. The Labute approximate surface area is 211 Å². The summed E-state index contributed by atoms with van der Waals surface area (Å²) < 4.78 is 46.9. The number of carbonyl (C=O) groups excluding carboxylic acids is 1. The lowest BCUT2D eigenvalue weighted by Crippen LogP contribution is -2.15. The molecule has 0 saturated carbocycles. The molecule has 0 saturated heterocycles. The van der Waals surface area contributed by atoms with Crippen LogP contribution in [0, 0.1) is 0 Å². The van der Waals surface area contributed by atoms with E-state index in [1.165, 1.54) is 18.5 Å². The molecule has 0 fully saturated rings. The van der Waals surface area contributed by atoms with Crippen molar-refractivity contribution in [1.82, 2.24) is 15.0 Å². The first-order valence-electron chi connectivity index (χ1n) is 11.1. The summed E-state index contributed by atoms with van der Waals surface area (Å²) >= 11 is 0. The van der Waals surface area contributed by atoms with Gasteiger partial charge in [0.15, 0.2) is 0 Å². The number of hydrogen-bond donors (Lipinski definition) is 2. The number of benzene rings is 2. The SMILES string of the molecule is CNc1nccc(-c2cccnc2Oc2cc(NC(=O)c3cccc(N(C)C)c3)cc(C(F)(F)F)c2)n1. The van der Waals surface area contributed by atoms with Gasteiger partial charge < -0.3 is 20.3 Å². The normalized spacial score (nSPS) is 11.1. The van der Waals surface area contributed by atoms with Crippen molar-refractivity contribution in [3.8, 4) is 22.9 Å². The second-order valence-electron chi connectivity index (χ2n) is 8.12. The minimum atomic E-state index is -4.68. The standard InChI is InChI=1S/C26H23F3N6O2/c1-30-25-32-11-9-22(34-25)21-8-5-10-31-24(21)37-20-14-17(26(27,28)29)13-18(15-20)33-23(36)16-6-4-7-19(12-16)35(2)3/h4-15H,1-3H3,(H,33,36)(H,30,32,34). The van der Waals surface area contributed by atoms with E-state index in [4.69, 9.17) is 4.74 Å². The summed E-state index contributed by atoms with van der Waals surface area (Å²) in [7, 11) is 5.30. The molecule has 0 unspecified atom stereocenters. The second-order valence-corrected chi connectivity index (χ2v) is 8.12. The Morgan fingerprint density at radius 3 is 2.51 bits per heavy atom. The fourth-order valence-corrected chi connectivity index (χ4v) is 3.43. The first-order valence-corrected chi connectivity index (χ1v) is 11.1. The summed E-state index contributed by atoms with van der Waals surface area (Å²) in [6.07, 6.45) is -1.69. The van der Waals surface area contributed by atoms with E-state index in [0.29, 0.717) is 22.8 Å². The Balaban J connectivity index is 1.68. The molecule has 2 heterocycles. The van der Waals surface area contributed by atoms with Crippen molar-refractivity contribution in [2.75, 3.05) is 36.7 Å². The van der Waals surface area contributed by atoms with Crippen molar-refractivity contribution < 1.29 is 22.7 Å². The molecule has 2 N–H and O–H groups in total. The Morgan fingerprint density at radius 2 is 1.78 bits per heavy atom. The van der Waals surface area contributed by atoms with Crippen LogP contribution in [0.5, 0.6) is 11.6 Å². The first-order chi connectivity index (χ1) is 17.6. The molecule has 0 radical (unpaired) electrons. The van der Waals surface area contributed by atoms with Crippen LogP contribution in [-0.2, 0) is 6.18 Å². The molecule has 1 amide bonds. The number of aromatic nitrogens is 3.